The number of benzene rings is 2. The van der Waals surface area contributed by atoms with Crippen molar-refractivity contribution in [1.29, 1.82) is 0 Å². The van der Waals surface area contributed by atoms with E-state index in [0.717, 1.165) is 16.9 Å². The number of nitrogens with one attached hydrogen (secondary N) is 2. The predicted octanol–water partition coefficient (Wildman–Crippen LogP) is 3.52. The summed E-state index contributed by atoms with van der Waals surface area (Å²) in [5.41, 5.74) is 1.06. The third kappa shape index (κ3) is 5.12. The number of rotatable bonds is 8. The number of carbonyl (C=O) groups is 2. The van der Waals surface area contributed by atoms with Crippen LogP contribution < -0.4 is 20.1 Å². The number of carbonyl (C=O) groups excluding carboxylic acids is 2. The predicted molar refractivity (Wildman–Crippen MR) is 112 cm³/mol. The monoisotopic (exact) mass is 429 g/mol. The second-order valence-electron chi connectivity index (χ2n) is 6.17. The molecule has 0 aliphatic carbocycles. The highest BCUT2D eigenvalue weighted by Gasteiger charge is 2.15. The maximum absolute atomic E-state index is 13.7. The van der Waals surface area contributed by atoms with E-state index in [1.807, 2.05) is 12.1 Å². The molecule has 2 aromatic carbocycles. The second kappa shape index (κ2) is 9.84. The Morgan fingerprint density at radius 1 is 1.07 bits per heavy atom. The van der Waals surface area contributed by atoms with Gasteiger partial charge in [0.1, 0.15) is 11.5 Å². The zero-order valence-corrected chi connectivity index (χ0v) is 17.2. The van der Waals surface area contributed by atoms with Gasteiger partial charge in [0.15, 0.2) is 16.6 Å². The van der Waals surface area contributed by atoms with E-state index >= 15 is 0 Å². The first-order valence-corrected chi connectivity index (χ1v) is 9.90. The normalized spacial score (nSPS) is 10.4. The molecule has 0 saturated heterocycles. The van der Waals surface area contributed by atoms with Crippen molar-refractivity contribution in [2.75, 3.05) is 26.1 Å². The standard InChI is InChI=1S/C21H20FN3O4S/c1-28-17-8-7-13(11-18(17)29-2)9-10-23-20(27)16-12-30-21(24-16)25-19(26)14-5-3-4-6-15(14)22/h3-8,11-12H,9-10H2,1-2H3,(H,23,27)(H,24,25,26). The molecule has 3 rings (SSSR count). The average molecular weight is 429 g/mol. The van der Waals surface area contributed by atoms with E-state index in [1.54, 1.807) is 26.4 Å². The Morgan fingerprint density at radius 3 is 2.57 bits per heavy atom. The SMILES string of the molecule is COc1ccc(CCNC(=O)c2csc(NC(=O)c3ccccc3F)n2)cc1OC. The molecular weight excluding hydrogens is 409 g/mol. The van der Waals surface area contributed by atoms with Gasteiger partial charge in [0.25, 0.3) is 11.8 Å². The summed E-state index contributed by atoms with van der Waals surface area (Å²) in [6.07, 6.45) is 0.590. The van der Waals surface area contributed by atoms with Gasteiger partial charge >= 0.3 is 0 Å². The van der Waals surface area contributed by atoms with Gasteiger partial charge in [-0.05, 0) is 36.2 Å². The van der Waals surface area contributed by atoms with Crippen LogP contribution in [0.1, 0.15) is 26.4 Å². The number of hydrogen-bond donors (Lipinski definition) is 2. The highest BCUT2D eigenvalue weighted by Crippen LogP contribution is 2.27. The van der Waals surface area contributed by atoms with Gasteiger partial charge in [0, 0.05) is 11.9 Å². The lowest BCUT2D eigenvalue weighted by Crippen LogP contribution is -2.26. The van der Waals surface area contributed by atoms with Gasteiger partial charge in [-0.15, -0.1) is 11.3 Å². The molecule has 0 spiro atoms. The van der Waals surface area contributed by atoms with Crippen LogP contribution in [0.5, 0.6) is 11.5 Å². The van der Waals surface area contributed by atoms with Crippen molar-refractivity contribution < 1.29 is 23.5 Å². The molecule has 0 atom stereocenters. The minimum absolute atomic E-state index is 0.0892. The summed E-state index contributed by atoms with van der Waals surface area (Å²) < 4.78 is 24.2. The molecule has 0 fully saturated rings. The van der Waals surface area contributed by atoms with Crippen molar-refractivity contribution in [3.05, 3.63) is 70.5 Å². The number of halogens is 1. The molecule has 0 saturated carbocycles. The van der Waals surface area contributed by atoms with Crippen molar-refractivity contribution in [3.8, 4) is 11.5 Å². The van der Waals surface area contributed by atoms with Gasteiger partial charge in [0.05, 0.1) is 19.8 Å². The van der Waals surface area contributed by atoms with Gasteiger partial charge in [-0.3, -0.25) is 14.9 Å². The molecule has 0 aliphatic heterocycles. The fourth-order valence-electron chi connectivity index (χ4n) is 2.69. The quantitative estimate of drug-likeness (QED) is 0.572. The lowest BCUT2D eigenvalue weighted by atomic mass is 10.1. The first-order valence-electron chi connectivity index (χ1n) is 9.02. The van der Waals surface area contributed by atoms with Crippen molar-refractivity contribution in [3.63, 3.8) is 0 Å². The Morgan fingerprint density at radius 2 is 1.83 bits per heavy atom. The third-order valence-electron chi connectivity index (χ3n) is 4.22. The highest BCUT2D eigenvalue weighted by molar-refractivity contribution is 7.14. The molecule has 3 aromatic rings. The Labute approximate surface area is 176 Å². The van der Waals surface area contributed by atoms with Gasteiger partial charge < -0.3 is 14.8 Å². The summed E-state index contributed by atoms with van der Waals surface area (Å²) in [5, 5.41) is 7.03. The van der Waals surface area contributed by atoms with Crippen LogP contribution in [0.3, 0.4) is 0 Å². The summed E-state index contributed by atoms with van der Waals surface area (Å²) in [7, 11) is 3.13. The van der Waals surface area contributed by atoms with Crippen LogP contribution in [0.25, 0.3) is 0 Å². The lowest BCUT2D eigenvalue weighted by molar-refractivity contribution is 0.0948. The van der Waals surface area contributed by atoms with Crippen molar-refractivity contribution >= 4 is 28.3 Å². The molecule has 0 aliphatic rings. The van der Waals surface area contributed by atoms with Gasteiger partial charge in [-0.2, -0.15) is 0 Å². The highest BCUT2D eigenvalue weighted by atomic mass is 32.1. The van der Waals surface area contributed by atoms with Gasteiger partial charge in [0.2, 0.25) is 0 Å². The summed E-state index contributed by atoms with van der Waals surface area (Å²) in [4.78, 5) is 28.5. The summed E-state index contributed by atoms with van der Waals surface area (Å²) >= 11 is 1.09. The fourth-order valence-corrected chi connectivity index (χ4v) is 3.38. The number of amides is 2. The van der Waals surface area contributed by atoms with E-state index in [1.165, 1.54) is 23.6 Å². The van der Waals surface area contributed by atoms with Crippen molar-refractivity contribution in [2.45, 2.75) is 6.42 Å². The first kappa shape index (κ1) is 21.3. The van der Waals surface area contributed by atoms with E-state index < -0.39 is 11.7 Å². The molecule has 0 radical (unpaired) electrons. The van der Waals surface area contributed by atoms with E-state index in [2.05, 4.69) is 15.6 Å². The fraction of sp³-hybridized carbons (Fsp3) is 0.190. The Bertz CT molecular complexity index is 1050. The topological polar surface area (TPSA) is 89.6 Å². The maximum atomic E-state index is 13.7. The minimum Gasteiger partial charge on any atom is -0.493 e. The lowest BCUT2D eigenvalue weighted by Gasteiger charge is -2.09. The largest absolute Gasteiger partial charge is 0.493 e. The minimum atomic E-state index is -0.625. The Kier molecular flexibility index (Phi) is 6.97. The summed E-state index contributed by atoms with van der Waals surface area (Å²) in [6, 6.07) is 11.2. The van der Waals surface area contributed by atoms with Crippen LogP contribution in [-0.4, -0.2) is 37.6 Å². The van der Waals surface area contributed by atoms with Crippen molar-refractivity contribution in [1.82, 2.24) is 10.3 Å². The van der Waals surface area contributed by atoms with Gasteiger partial charge in [-0.1, -0.05) is 18.2 Å². The second-order valence-corrected chi connectivity index (χ2v) is 7.03. The van der Waals surface area contributed by atoms with Crippen LogP contribution >= 0.6 is 11.3 Å². The van der Waals surface area contributed by atoms with Crippen LogP contribution in [0.2, 0.25) is 0 Å². The zero-order chi connectivity index (χ0) is 21.5. The Hall–Kier alpha value is -3.46. The van der Waals surface area contributed by atoms with E-state index in [4.69, 9.17) is 9.47 Å². The average Bonchev–Trinajstić information content (AvgIpc) is 3.22. The van der Waals surface area contributed by atoms with Crippen LogP contribution in [0.4, 0.5) is 9.52 Å². The van der Waals surface area contributed by atoms with Gasteiger partial charge in [-0.25, -0.2) is 9.37 Å². The third-order valence-corrected chi connectivity index (χ3v) is 4.98. The first-order chi connectivity index (χ1) is 14.5. The molecule has 1 heterocycles. The molecule has 0 unspecified atom stereocenters. The number of hydrogen-bond acceptors (Lipinski definition) is 6. The zero-order valence-electron chi connectivity index (χ0n) is 16.4. The molecule has 1 aromatic heterocycles. The summed E-state index contributed by atoms with van der Waals surface area (Å²) in [6.45, 7) is 0.392. The molecule has 156 valence electrons. The van der Waals surface area contributed by atoms with Crippen LogP contribution in [0.15, 0.2) is 47.8 Å². The molecule has 2 amide bonds. The number of anilines is 1. The molecule has 30 heavy (non-hydrogen) atoms. The van der Waals surface area contributed by atoms with E-state index in [-0.39, 0.29) is 22.3 Å². The number of thiazole rings is 1. The molecule has 0 bridgehead atoms. The van der Waals surface area contributed by atoms with E-state index in [0.29, 0.717) is 24.5 Å². The number of methoxy groups -OCH3 is 2. The summed E-state index contributed by atoms with van der Waals surface area (Å²) in [5.74, 6) is -0.352. The number of aromatic nitrogens is 1. The van der Waals surface area contributed by atoms with Crippen LogP contribution in [0, 0.1) is 5.82 Å². The smallest absolute Gasteiger partial charge is 0.270 e. The number of ether oxygens (including phenoxy) is 2. The van der Waals surface area contributed by atoms with Crippen molar-refractivity contribution in [2.24, 2.45) is 0 Å². The molecule has 9 heteroatoms. The maximum Gasteiger partial charge on any atom is 0.270 e. The Balaban J connectivity index is 1.54. The molecular formula is C21H20FN3O4S. The van der Waals surface area contributed by atoms with Crippen LogP contribution in [-0.2, 0) is 6.42 Å². The van der Waals surface area contributed by atoms with E-state index in [9.17, 15) is 14.0 Å². The number of nitrogens with zero attached hydrogens (tertiary/aromatic N) is 1. The molecule has 2 N–H and O–H groups in total. The molecule has 7 nitrogen and oxygen atoms in total.